The molecule has 0 amide bonds. The smallest absolute Gasteiger partial charge is 0.331 e. The van der Waals surface area contributed by atoms with Gasteiger partial charge in [0.2, 0.25) is 0 Å². The molecule has 1 fully saturated rings. The van der Waals surface area contributed by atoms with Crippen LogP contribution in [0.5, 0.6) is 0 Å². The molecule has 0 spiro atoms. The van der Waals surface area contributed by atoms with Crippen LogP contribution in [0.25, 0.3) is 6.08 Å². The van der Waals surface area contributed by atoms with Gasteiger partial charge in [0.05, 0.1) is 12.0 Å². The Balaban J connectivity index is 2.00. The number of imidazole rings is 1. The van der Waals surface area contributed by atoms with Crippen molar-refractivity contribution in [2.45, 2.75) is 51.5 Å². The minimum Gasteiger partial charge on any atom is -0.478 e. The molecule has 0 atom stereocenters. The molecule has 1 aliphatic rings. The fraction of sp³-hybridized carbons (Fsp3) is 0.667. The SMILES string of the molecule is CC1CCC(n2cnc(/C=C(\CCCN(C)C)C(=O)O)c2)CC1. The predicted molar refractivity (Wildman–Crippen MR) is 92.3 cm³/mol. The molecule has 1 aliphatic carbocycles. The van der Waals surface area contributed by atoms with Crippen LogP contribution in [0.4, 0.5) is 0 Å². The molecule has 23 heavy (non-hydrogen) atoms. The largest absolute Gasteiger partial charge is 0.478 e. The number of carbonyl (C=O) groups is 1. The van der Waals surface area contributed by atoms with Gasteiger partial charge in [0.15, 0.2) is 0 Å². The summed E-state index contributed by atoms with van der Waals surface area (Å²) in [6.07, 6.45) is 11.9. The number of nitrogens with zero attached hydrogens (tertiary/aromatic N) is 3. The highest BCUT2D eigenvalue weighted by Gasteiger charge is 2.19. The second-order valence-electron chi connectivity index (χ2n) is 7.04. The molecule has 0 unspecified atom stereocenters. The molecule has 1 heterocycles. The maximum Gasteiger partial charge on any atom is 0.331 e. The molecule has 128 valence electrons. The fourth-order valence-electron chi connectivity index (χ4n) is 3.17. The molecule has 0 aliphatic heterocycles. The van der Waals surface area contributed by atoms with Gasteiger partial charge in [0.1, 0.15) is 0 Å². The van der Waals surface area contributed by atoms with E-state index in [4.69, 9.17) is 0 Å². The topological polar surface area (TPSA) is 58.4 Å². The quantitative estimate of drug-likeness (QED) is 0.782. The molecule has 1 aromatic rings. The molecule has 0 aromatic carbocycles. The van der Waals surface area contributed by atoms with Crippen molar-refractivity contribution in [3.63, 3.8) is 0 Å². The molecule has 5 nitrogen and oxygen atoms in total. The number of hydrogen-bond acceptors (Lipinski definition) is 3. The summed E-state index contributed by atoms with van der Waals surface area (Å²) < 4.78 is 2.16. The maximum absolute atomic E-state index is 11.4. The molecule has 1 aromatic heterocycles. The van der Waals surface area contributed by atoms with E-state index in [1.807, 2.05) is 26.6 Å². The zero-order valence-corrected chi connectivity index (χ0v) is 14.5. The normalized spacial score (nSPS) is 22.5. The van der Waals surface area contributed by atoms with Crippen LogP contribution in [0, 0.1) is 5.92 Å². The Bertz CT molecular complexity index is 540. The van der Waals surface area contributed by atoms with Crippen LogP contribution in [0.15, 0.2) is 18.1 Å². The monoisotopic (exact) mass is 319 g/mol. The van der Waals surface area contributed by atoms with Crippen molar-refractivity contribution in [2.24, 2.45) is 5.92 Å². The van der Waals surface area contributed by atoms with E-state index in [-0.39, 0.29) is 0 Å². The summed E-state index contributed by atoms with van der Waals surface area (Å²) in [5, 5.41) is 9.37. The van der Waals surface area contributed by atoms with E-state index in [9.17, 15) is 9.90 Å². The van der Waals surface area contributed by atoms with Crippen molar-refractivity contribution in [3.8, 4) is 0 Å². The van der Waals surface area contributed by atoms with Gasteiger partial charge in [0, 0.05) is 17.8 Å². The van der Waals surface area contributed by atoms with E-state index >= 15 is 0 Å². The zero-order valence-electron chi connectivity index (χ0n) is 14.5. The third-order valence-electron chi connectivity index (χ3n) is 4.68. The first kappa shape index (κ1) is 17.7. The van der Waals surface area contributed by atoms with E-state index in [2.05, 4.69) is 21.4 Å². The number of carboxylic acid groups (broad SMARTS) is 1. The summed E-state index contributed by atoms with van der Waals surface area (Å²) >= 11 is 0. The minimum absolute atomic E-state index is 0.439. The van der Waals surface area contributed by atoms with Gasteiger partial charge in [-0.05, 0) is 71.2 Å². The maximum atomic E-state index is 11.4. The average Bonchev–Trinajstić information content (AvgIpc) is 2.95. The van der Waals surface area contributed by atoms with Gasteiger partial charge in [-0.25, -0.2) is 9.78 Å². The van der Waals surface area contributed by atoms with Gasteiger partial charge >= 0.3 is 5.97 Å². The van der Waals surface area contributed by atoms with Crippen LogP contribution in [0.2, 0.25) is 0 Å². The first-order chi connectivity index (χ1) is 11.0. The summed E-state index contributed by atoms with van der Waals surface area (Å²) in [6.45, 7) is 3.20. The lowest BCUT2D eigenvalue weighted by atomic mass is 9.87. The number of aromatic nitrogens is 2. The summed E-state index contributed by atoms with van der Waals surface area (Å²) in [6, 6.07) is 0.517. The van der Waals surface area contributed by atoms with Gasteiger partial charge in [0.25, 0.3) is 0 Å². The Kier molecular flexibility index (Phi) is 6.39. The number of rotatable bonds is 7. The zero-order chi connectivity index (χ0) is 16.8. The van der Waals surface area contributed by atoms with Gasteiger partial charge in [-0.3, -0.25) is 0 Å². The summed E-state index contributed by atoms with van der Waals surface area (Å²) in [5.41, 5.74) is 1.19. The summed E-state index contributed by atoms with van der Waals surface area (Å²) in [5.74, 6) is -0.0192. The van der Waals surface area contributed by atoms with Gasteiger partial charge in [-0.15, -0.1) is 0 Å². The van der Waals surface area contributed by atoms with Crippen molar-refractivity contribution < 1.29 is 9.90 Å². The van der Waals surface area contributed by atoms with Gasteiger partial charge < -0.3 is 14.6 Å². The van der Waals surface area contributed by atoms with Gasteiger partial charge in [-0.2, -0.15) is 0 Å². The van der Waals surface area contributed by atoms with Crippen molar-refractivity contribution in [3.05, 3.63) is 23.8 Å². The Morgan fingerprint density at radius 2 is 2.09 bits per heavy atom. The van der Waals surface area contributed by atoms with Crippen molar-refractivity contribution in [1.82, 2.24) is 14.5 Å². The van der Waals surface area contributed by atoms with Crippen LogP contribution in [-0.4, -0.2) is 46.2 Å². The average molecular weight is 319 g/mol. The van der Waals surface area contributed by atoms with Crippen LogP contribution >= 0.6 is 0 Å². The van der Waals surface area contributed by atoms with E-state index in [1.54, 1.807) is 6.08 Å². The van der Waals surface area contributed by atoms with Crippen LogP contribution in [-0.2, 0) is 4.79 Å². The molecule has 1 saturated carbocycles. The Morgan fingerprint density at radius 1 is 1.39 bits per heavy atom. The fourth-order valence-corrected chi connectivity index (χ4v) is 3.17. The van der Waals surface area contributed by atoms with Crippen LogP contribution in [0.3, 0.4) is 0 Å². The Morgan fingerprint density at radius 3 is 2.70 bits per heavy atom. The molecular formula is C18H29N3O2. The second-order valence-corrected chi connectivity index (χ2v) is 7.04. The summed E-state index contributed by atoms with van der Waals surface area (Å²) in [4.78, 5) is 17.9. The highest BCUT2D eigenvalue weighted by atomic mass is 16.4. The number of aliphatic carboxylic acids is 1. The van der Waals surface area contributed by atoms with E-state index in [1.165, 1.54) is 25.7 Å². The number of hydrogen-bond donors (Lipinski definition) is 1. The van der Waals surface area contributed by atoms with Gasteiger partial charge in [-0.1, -0.05) is 6.92 Å². The van der Waals surface area contributed by atoms with Crippen LogP contribution < -0.4 is 0 Å². The lowest BCUT2D eigenvalue weighted by Crippen LogP contribution is -2.15. The van der Waals surface area contributed by atoms with Crippen molar-refractivity contribution in [1.29, 1.82) is 0 Å². The minimum atomic E-state index is -0.843. The molecule has 1 N–H and O–H groups in total. The van der Waals surface area contributed by atoms with E-state index < -0.39 is 5.97 Å². The molecule has 2 rings (SSSR count). The molecule has 0 saturated heterocycles. The van der Waals surface area contributed by atoms with Crippen molar-refractivity contribution in [2.75, 3.05) is 20.6 Å². The van der Waals surface area contributed by atoms with Crippen LogP contribution in [0.1, 0.15) is 57.2 Å². The molecule has 5 heteroatoms. The molecular weight excluding hydrogens is 290 g/mol. The van der Waals surface area contributed by atoms with E-state index in [0.717, 1.165) is 24.6 Å². The lowest BCUT2D eigenvalue weighted by Gasteiger charge is -2.26. The first-order valence-corrected chi connectivity index (χ1v) is 8.57. The highest BCUT2D eigenvalue weighted by molar-refractivity contribution is 5.91. The molecule has 0 bridgehead atoms. The Labute approximate surface area is 139 Å². The number of carboxylic acids is 1. The Hall–Kier alpha value is -1.62. The predicted octanol–water partition coefficient (Wildman–Crippen LogP) is 3.44. The standard InChI is InChI=1S/C18H29N3O2/c1-14-6-8-17(9-7-14)21-12-16(19-13-21)11-15(18(22)23)5-4-10-20(2)3/h11-14,17H,4-10H2,1-3H3,(H,22,23)/b15-11+. The lowest BCUT2D eigenvalue weighted by molar-refractivity contribution is -0.132. The third-order valence-corrected chi connectivity index (χ3v) is 4.68. The van der Waals surface area contributed by atoms with Crippen molar-refractivity contribution >= 4 is 12.0 Å². The van der Waals surface area contributed by atoms with E-state index in [0.29, 0.717) is 18.0 Å². The highest BCUT2D eigenvalue weighted by Crippen LogP contribution is 2.31. The second kappa shape index (κ2) is 8.29. The third kappa shape index (κ3) is 5.50. The summed E-state index contributed by atoms with van der Waals surface area (Å²) in [7, 11) is 3.99. The first-order valence-electron chi connectivity index (χ1n) is 8.57. The molecule has 0 radical (unpaired) electrons.